The van der Waals surface area contributed by atoms with Crippen molar-refractivity contribution < 1.29 is 5.11 Å². The van der Waals surface area contributed by atoms with E-state index in [0.29, 0.717) is 0 Å². The standard InChI is InChI=1S/C12H12O/c1-2-11(10-13)8-9-12-6-4-3-5-7-12/h2-7,13H,10H2,1H3/b11-2+. The van der Waals surface area contributed by atoms with Crippen LogP contribution in [0.3, 0.4) is 0 Å². The van der Waals surface area contributed by atoms with E-state index in [9.17, 15) is 0 Å². The summed E-state index contributed by atoms with van der Waals surface area (Å²) >= 11 is 0. The van der Waals surface area contributed by atoms with Gasteiger partial charge in [0.05, 0.1) is 6.61 Å². The van der Waals surface area contributed by atoms with Crippen molar-refractivity contribution in [3.8, 4) is 11.8 Å². The summed E-state index contributed by atoms with van der Waals surface area (Å²) < 4.78 is 0. The third-order valence-corrected chi connectivity index (χ3v) is 1.66. The second-order valence-corrected chi connectivity index (χ2v) is 2.59. The zero-order valence-corrected chi connectivity index (χ0v) is 7.62. The summed E-state index contributed by atoms with van der Waals surface area (Å²) in [6.45, 7) is 1.88. The molecule has 13 heavy (non-hydrogen) atoms. The minimum atomic E-state index is 0.0103. The topological polar surface area (TPSA) is 20.2 Å². The predicted octanol–water partition coefficient (Wildman–Crippen LogP) is 1.98. The van der Waals surface area contributed by atoms with E-state index in [1.165, 1.54) is 0 Å². The molecular weight excluding hydrogens is 160 g/mol. The molecule has 0 fully saturated rings. The molecule has 1 heteroatoms. The molecule has 0 aliphatic carbocycles. The lowest BCUT2D eigenvalue weighted by molar-refractivity contribution is 0.336. The summed E-state index contributed by atoms with van der Waals surface area (Å²) in [6, 6.07) is 9.72. The fourth-order valence-corrected chi connectivity index (χ4v) is 0.877. The van der Waals surface area contributed by atoms with Gasteiger partial charge in [0.1, 0.15) is 0 Å². The Kier molecular flexibility index (Phi) is 3.81. The zero-order valence-electron chi connectivity index (χ0n) is 7.62. The predicted molar refractivity (Wildman–Crippen MR) is 54.2 cm³/mol. The Morgan fingerprint density at radius 3 is 2.62 bits per heavy atom. The van der Waals surface area contributed by atoms with E-state index < -0.39 is 0 Å². The molecule has 1 aromatic rings. The highest BCUT2D eigenvalue weighted by molar-refractivity contribution is 5.40. The van der Waals surface area contributed by atoms with Crippen molar-refractivity contribution in [3.05, 3.63) is 47.5 Å². The van der Waals surface area contributed by atoms with E-state index >= 15 is 0 Å². The average molecular weight is 172 g/mol. The number of benzene rings is 1. The molecule has 0 aromatic heterocycles. The van der Waals surface area contributed by atoms with Crippen LogP contribution in [0.1, 0.15) is 12.5 Å². The average Bonchev–Trinajstić information content (AvgIpc) is 2.21. The van der Waals surface area contributed by atoms with Crippen LogP contribution < -0.4 is 0 Å². The fraction of sp³-hybridized carbons (Fsp3) is 0.167. The van der Waals surface area contributed by atoms with E-state index in [1.807, 2.05) is 43.3 Å². The summed E-state index contributed by atoms with van der Waals surface area (Å²) in [6.07, 6.45) is 1.82. The lowest BCUT2D eigenvalue weighted by atomic mass is 10.2. The Bertz CT molecular complexity index is 338. The van der Waals surface area contributed by atoms with Crippen molar-refractivity contribution in [1.29, 1.82) is 0 Å². The van der Waals surface area contributed by atoms with E-state index in [1.54, 1.807) is 0 Å². The summed E-state index contributed by atoms with van der Waals surface area (Å²) in [7, 11) is 0. The molecule has 0 aliphatic rings. The van der Waals surface area contributed by atoms with Crippen LogP contribution in [0.15, 0.2) is 42.0 Å². The molecule has 0 unspecified atom stereocenters. The highest BCUT2D eigenvalue weighted by Crippen LogP contribution is 1.96. The van der Waals surface area contributed by atoms with Crippen molar-refractivity contribution >= 4 is 0 Å². The van der Waals surface area contributed by atoms with Crippen LogP contribution in [-0.2, 0) is 0 Å². The minimum Gasteiger partial charge on any atom is -0.391 e. The van der Waals surface area contributed by atoms with Gasteiger partial charge in [-0.05, 0) is 19.1 Å². The van der Waals surface area contributed by atoms with Crippen molar-refractivity contribution in [3.63, 3.8) is 0 Å². The van der Waals surface area contributed by atoms with Gasteiger partial charge in [0.15, 0.2) is 0 Å². The van der Waals surface area contributed by atoms with Crippen LogP contribution in [-0.4, -0.2) is 11.7 Å². The SMILES string of the molecule is C/C=C(\C#Cc1ccccc1)CO. The highest BCUT2D eigenvalue weighted by atomic mass is 16.3. The van der Waals surface area contributed by atoms with Crippen molar-refractivity contribution in [2.24, 2.45) is 0 Å². The van der Waals surface area contributed by atoms with Gasteiger partial charge in [0.2, 0.25) is 0 Å². The largest absolute Gasteiger partial charge is 0.391 e. The maximum atomic E-state index is 8.83. The molecule has 0 bridgehead atoms. The maximum Gasteiger partial charge on any atom is 0.0757 e. The first-order valence-corrected chi connectivity index (χ1v) is 4.20. The highest BCUT2D eigenvalue weighted by Gasteiger charge is 1.85. The first-order valence-electron chi connectivity index (χ1n) is 4.20. The van der Waals surface area contributed by atoms with Gasteiger partial charge in [0.25, 0.3) is 0 Å². The molecule has 0 amide bonds. The Labute approximate surface area is 78.7 Å². The van der Waals surface area contributed by atoms with Gasteiger partial charge in [-0.25, -0.2) is 0 Å². The molecule has 66 valence electrons. The molecule has 1 nitrogen and oxygen atoms in total. The fourth-order valence-electron chi connectivity index (χ4n) is 0.877. The molecule has 0 saturated heterocycles. The number of allylic oxidation sites excluding steroid dienone is 1. The zero-order chi connectivity index (χ0) is 9.52. The van der Waals surface area contributed by atoms with E-state index in [0.717, 1.165) is 11.1 Å². The van der Waals surface area contributed by atoms with Crippen LogP contribution in [0.4, 0.5) is 0 Å². The summed E-state index contributed by atoms with van der Waals surface area (Å²) in [4.78, 5) is 0. The number of aliphatic hydroxyl groups is 1. The Morgan fingerprint density at radius 2 is 2.08 bits per heavy atom. The Morgan fingerprint density at radius 1 is 1.38 bits per heavy atom. The monoisotopic (exact) mass is 172 g/mol. The van der Waals surface area contributed by atoms with E-state index in [-0.39, 0.29) is 6.61 Å². The molecular formula is C12H12O. The first-order chi connectivity index (χ1) is 6.36. The van der Waals surface area contributed by atoms with Crippen molar-refractivity contribution in [1.82, 2.24) is 0 Å². The van der Waals surface area contributed by atoms with Crippen LogP contribution in [0.5, 0.6) is 0 Å². The molecule has 1 N–H and O–H groups in total. The second-order valence-electron chi connectivity index (χ2n) is 2.59. The molecule has 0 radical (unpaired) electrons. The van der Waals surface area contributed by atoms with Gasteiger partial charge < -0.3 is 5.11 Å². The number of rotatable bonds is 1. The van der Waals surface area contributed by atoms with Gasteiger partial charge in [-0.1, -0.05) is 36.1 Å². The molecule has 0 spiro atoms. The lowest BCUT2D eigenvalue weighted by Crippen LogP contribution is -1.85. The van der Waals surface area contributed by atoms with Crippen LogP contribution in [0.25, 0.3) is 0 Å². The van der Waals surface area contributed by atoms with Gasteiger partial charge in [-0.3, -0.25) is 0 Å². The minimum absolute atomic E-state index is 0.0103. The van der Waals surface area contributed by atoms with Crippen LogP contribution in [0, 0.1) is 11.8 Å². The molecule has 0 aliphatic heterocycles. The molecule has 0 atom stereocenters. The summed E-state index contributed by atoms with van der Waals surface area (Å²) in [5.74, 6) is 5.86. The Balaban J connectivity index is 2.79. The third-order valence-electron chi connectivity index (χ3n) is 1.66. The summed E-state index contributed by atoms with van der Waals surface area (Å²) in [5.41, 5.74) is 1.72. The van der Waals surface area contributed by atoms with Crippen LogP contribution in [0.2, 0.25) is 0 Å². The van der Waals surface area contributed by atoms with Gasteiger partial charge in [0, 0.05) is 11.1 Å². The molecule has 0 saturated carbocycles. The molecule has 1 rings (SSSR count). The van der Waals surface area contributed by atoms with Crippen molar-refractivity contribution in [2.75, 3.05) is 6.61 Å². The number of aliphatic hydroxyl groups excluding tert-OH is 1. The lowest BCUT2D eigenvalue weighted by Gasteiger charge is -1.89. The van der Waals surface area contributed by atoms with E-state index in [4.69, 9.17) is 5.11 Å². The van der Waals surface area contributed by atoms with Crippen molar-refractivity contribution in [2.45, 2.75) is 6.92 Å². The number of hydrogen-bond acceptors (Lipinski definition) is 1. The Hall–Kier alpha value is -1.52. The van der Waals surface area contributed by atoms with Gasteiger partial charge in [-0.2, -0.15) is 0 Å². The normalized spacial score (nSPS) is 10.5. The van der Waals surface area contributed by atoms with E-state index in [2.05, 4.69) is 11.8 Å². The quantitative estimate of drug-likeness (QED) is 0.642. The van der Waals surface area contributed by atoms with Gasteiger partial charge in [-0.15, -0.1) is 0 Å². The van der Waals surface area contributed by atoms with Crippen LogP contribution >= 0.6 is 0 Å². The molecule has 1 aromatic carbocycles. The smallest absolute Gasteiger partial charge is 0.0757 e. The third kappa shape index (κ3) is 3.14. The van der Waals surface area contributed by atoms with Gasteiger partial charge >= 0.3 is 0 Å². The number of hydrogen-bond donors (Lipinski definition) is 1. The molecule has 0 heterocycles. The maximum absolute atomic E-state index is 8.83. The first kappa shape index (κ1) is 9.57. The summed E-state index contributed by atoms with van der Waals surface area (Å²) in [5, 5.41) is 8.83. The second kappa shape index (κ2) is 5.18.